The number of hydrogen-bond donors (Lipinski definition) is 2. The van der Waals surface area contributed by atoms with Crippen molar-refractivity contribution in [3.05, 3.63) is 59.7 Å². The zero-order chi connectivity index (χ0) is 18.8. The summed E-state index contributed by atoms with van der Waals surface area (Å²) in [6.07, 6.45) is 2.14. The maximum atomic E-state index is 11.9. The van der Waals surface area contributed by atoms with Crippen LogP contribution in [0.5, 0.6) is 5.75 Å². The van der Waals surface area contributed by atoms with Crippen LogP contribution < -0.4 is 15.5 Å². The van der Waals surface area contributed by atoms with Crippen LogP contribution in [0, 0.1) is 6.92 Å². The number of carbonyl (C=O) groups is 2. The largest absolute Gasteiger partial charge is 0.494 e. The van der Waals surface area contributed by atoms with E-state index in [1.807, 2.05) is 56.3 Å². The van der Waals surface area contributed by atoms with E-state index >= 15 is 0 Å². The summed E-state index contributed by atoms with van der Waals surface area (Å²) in [5.74, 6) is -0.118. The summed E-state index contributed by atoms with van der Waals surface area (Å²) in [7, 11) is 0. The minimum atomic E-state index is -0.481. The molecule has 26 heavy (non-hydrogen) atoms. The number of amides is 2. The molecule has 0 saturated carbocycles. The van der Waals surface area contributed by atoms with E-state index in [9.17, 15) is 9.59 Å². The maximum absolute atomic E-state index is 11.9. The number of benzene rings is 2. The second-order valence-electron chi connectivity index (χ2n) is 5.75. The summed E-state index contributed by atoms with van der Waals surface area (Å²) >= 11 is 0. The first kappa shape index (κ1) is 19.2. The molecule has 2 aromatic carbocycles. The Hall–Kier alpha value is -3.15. The number of para-hydroxylation sites is 1. The van der Waals surface area contributed by atoms with Gasteiger partial charge in [0.15, 0.2) is 0 Å². The number of rotatable bonds is 8. The van der Waals surface area contributed by atoms with Crippen LogP contribution in [-0.4, -0.2) is 24.6 Å². The molecule has 0 saturated heterocycles. The number of carbonyl (C=O) groups excluding carboxylic acids is 2. The van der Waals surface area contributed by atoms with Crippen molar-refractivity contribution in [2.24, 2.45) is 5.10 Å². The zero-order valence-electron chi connectivity index (χ0n) is 15.0. The van der Waals surface area contributed by atoms with Crippen LogP contribution >= 0.6 is 0 Å². The third-order valence-electron chi connectivity index (χ3n) is 3.47. The molecule has 6 nitrogen and oxygen atoms in total. The Morgan fingerprint density at radius 1 is 1.12 bits per heavy atom. The summed E-state index contributed by atoms with van der Waals surface area (Å²) in [6, 6.07) is 14.8. The molecular formula is C20H23N3O3. The van der Waals surface area contributed by atoms with Gasteiger partial charge in [-0.25, -0.2) is 5.43 Å². The number of ether oxygens (including phenoxy) is 1. The quantitative estimate of drug-likeness (QED) is 0.434. The molecule has 2 aromatic rings. The van der Waals surface area contributed by atoms with Gasteiger partial charge in [0.1, 0.15) is 12.2 Å². The van der Waals surface area contributed by atoms with Gasteiger partial charge in [-0.1, -0.05) is 37.3 Å². The molecule has 0 aliphatic carbocycles. The number of hydrazone groups is 1. The molecule has 2 amide bonds. The van der Waals surface area contributed by atoms with Gasteiger partial charge in [-0.2, -0.15) is 5.10 Å². The van der Waals surface area contributed by atoms with Crippen molar-refractivity contribution in [2.45, 2.75) is 26.7 Å². The Labute approximate surface area is 153 Å². The lowest BCUT2D eigenvalue weighted by molar-refractivity contribution is -0.126. The highest BCUT2D eigenvalue weighted by atomic mass is 16.5. The van der Waals surface area contributed by atoms with E-state index in [-0.39, 0.29) is 12.3 Å². The van der Waals surface area contributed by atoms with Gasteiger partial charge in [0.25, 0.3) is 0 Å². The molecule has 2 rings (SSSR count). The number of nitrogens with one attached hydrogen (secondary N) is 2. The summed E-state index contributed by atoms with van der Waals surface area (Å²) in [6.45, 7) is 4.57. The minimum Gasteiger partial charge on any atom is -0.494 e. The predicted molar refractivity (Wildman–Crippen MR) is 102 cm³/mol. The van der Waals surface area contributed by atoms with Crippen molar-refractivity contribution in [1.29, 1.82) is 0 Å². The van der Waals surface area contributed by atoms with E-state index in [1.165, 1.54) is 6.21 Å². The average Bonchev–Trinajstić information content (AvgIpc) is 2.62. The highest BCUT2D eigenvalue weighted by Crippen LogP contribution is 2.13. The van der Waals surface area contributed by atoms with Gasteiger partial charge in [-0.15, -0.1) is 0 Å². The van der Waals surface area contributed by atoms with Gasteiger partial charge in [0.05, 0.1) is 12.8 Å². The van der Waals surface area contributed by atoms with Crippen LogP contribution in [0.4, 0.5) is 5.69 Å². The smallest absolute Gasteiger partial charge is 0.249 e. The Bertz CT molecular complexity index is 787. The zero-order valence-corrected chi connectivity index (χ0v) is 15.0. The van der Waals surface area contributed by atoms with Gasteiger partial charge in [0, 0.05) is 5.69 Å². The first-order valence-corrected chi connectivity index (χ1v) is 8.48. The molecule has 0 radical (unpaired) electrons. The molecule has 136 valence electrons. The molecule has 0 aromatic heterocycles. The van der Waals surface area contributed by atoms with E-state index in [0.717, 1.165) is 23.3 Å². The lowest BCUT2D eigenvalue weighted by Gasteiger charge is -2.07. The molecular weight excluding hydrogens is 330 g/mol. The third kappa shape index (κ3) is 6.39. The fourth-order valence-electron chi connectivity index (χ4n) is 2.18. The van der Waals surface area contributed by atoms with Crippen LogP contribution in [0.1, 0.15) is 30.9 Å². The van der Waals surface area contributed by atoms with Crippen LogP contribution in [-0.2, 0) is 9.59 Å². The molecule has 0 unspecified atom stereocenters. The maximum Gasteiger partial charge on any atom is 0.249 e. The van der Waals surface area contributed by atoms with Crippen LogP contribution in [0.15, 0.2) is 53.6 Å². The van der Waals surface area contributed by atoms with Crippen LogP contribution in [0.3, 0.4) is 0 Å². The number of nitrogens with zero attached hydrogens (tertiary/aromatic N) is 1. The minimum absolute atomic E-state index is 0.300. The fraction of sp³-hybridized carbons (Fsp3) is 0.250. The second kappa shape index (κ2) is 9.98. The Kier molecular flexibility index (Phi) is 7.36. The lowest BCUT2D eigenvalue weighted by Crippen LogP contribution is -2.24. The first-order chi connectivity index (χ1) is 12.6. The third-order valence-corrected chi connectivity index (χ3v) is 3.47. The van der Waals surface area contributed by atoms with E-state index in [0.29, 0.717) is 12.3 Å². The Morgan fingerprint density at radius 2 is 1.92 bits per heavy atom. The van der Waals surface area contributed by atoms with Crippen molar-refractivity contribution >= 4 is 23.7 Å². The topological polar surface area (TPSA) is 79.8 Å². The van der Waals surface area contributed by atoms with E-state index < -0.39 is 5.91 Å². The fourth-order valence-corrected chi connectivity index (χ4v) is 2.18. The average molecular weight is 353 g/mol. The molecule has 6 heteroatoms. The summed E-state index contributed by atoms with van der Waals surface area (Å²) in [5.41, 5.74) is 4.78. The van der Waals surface area contributed by atoms with Crippen molar-refractivity contribution < 1.29 is 14.3 Å². The highest BCUT2D eigenvalue weighted by Gasteiger charge is 2.09. The summed E-state index contributed by atoms with van der Waals surface area (Å²) < 4.78 is 5.54. The second-order valence-corrected chi connectivity index (χ2v) is 5.75. The SMILES string of the molecule is CCCOc1cccc(C=NNC(=O)CC(=O)Nc2ccccc2C)c1. The standard InChI is InChI=1S/C20H23N3O3/c1-3-11-26-17-9-6-8-16(12-17)14-21-23-20(25)13-19(24)22-18-10-5-4-7-15(18)2/h4-10,12,14H,3,11,13H2,1-2H3,(H,22,24)(H,23,25). The van der Waals surface area contributed by atoms with Crippen LogP contribution in [0.25, 0.3) is 0 Å². The first-order valence-electron chi connectivity index (χ1n) is 8.48. The van der Waals surface area contributed by atoms with E-state index in [4.69, 9.17) is 4.74 Å². The van der Waals surface area contributed by atoms with Gasteiger partial charge in [0.2, 0.25) is 11.8 Å². The van der Waals surface area contributed by atoms with Crippen molar-refractivity contribution in [3.63, 3.8) is 0 Å². The molecule has 0 atom stereocenters. The highest BCUT2D eigenvalue weighted by molar-refractivity contribution is 6.04. The van der Waals surface area contributed by atoms with Crippen molar-refractivity contribution in [1.82, 2.24) is 5.43 Å². The number of hydrogen-bond acceptors (Lipinski definition) is 4. The number of aryl methyl sites for hydroxylation is 1. The number of anilines is 1. The predicted octanol–water partition coefficient (Wildman–Crippen LogP) is 3.26. The summed E-state index contributed by atoms with van der Waals surface area (Å²) in [5, 5.41) is 6.59. The summed E-state index contributed by atoms with van der Waals surface area (Å²) in [4.78, 5) is 23.7. The molecule has 0 fully saturated rings. The molecule has 0 heterocycles. The van der Waals surface area contributed by atoms with E-state index in [2.05, 4.69) is 15.8 Å². The van der Waals surface area contributed by atoms with Gasteiger partial charge in [-0.3, -0.25) is 9.59 Å². The normalized spacial score (nSPS) is 10.5. The van der Waals surface area contributed by atoms with Crippen molar-refractivity contribution in [2.75, 3.05) is 11.9 Å². The van der Waals surface area contributed by atoms with Gasteiger partial charge in [-0.05, 0) is 42.7 Å². The Morgan fingerprint density at radius 3 is 2.69 bits per heavy atom. The molecule has 0 aliphatic rings. The van der Waals surface area contributed by atoms with Gasteiger partial charge < -0.3 is 10.1 Å². The van der Waals surface area contributed by atoms with E-state index in [1.54, 1.807) is 6.07 Å². The molecule has 0 bridgehead atoms. The van der Waals surface area contributed by atoms with Gasteiger partial charge >= 0.3 is 0 Å². The lowest BCUT2D eigenvalue weighted by atomic mass is 10.2. The molecule has 0 aliphatic heterocycles. The molecule has 2 N–H and O–H groups in total. The Balaban J connectivity index is 1.81. The van der Waals surface area contributed by atoms with Crippen molar-refractivity contribution in [3.8, 4) is 5.75 Å². The van der Waals surface area contributed by atoms with Crippen LogP contribution in [0.2, 0.25) is 0 Å². The monoisotopic (exact) mass is 353 g/mol. The molecule has 0 spiro atoms.